The normalized spacial score (nSPS) is 5.92. The largest absolute Gasteiger partial charge is 6.00 e. The molecule has 0 amide bonds. The van der Waals surface area contributed by atoms with Gasteiger partial charge in [-0.1, -0.05) is 12.2 Å². The summed E-state index contributed by atoms with van der Waals surface area (Å²) in [7, 11) is 0. The molecule has 0 N–H and O–H groups in total. The molecule has 0 aromatic heterocycles. The molecule has 0 aliphatic carbocycles. The summed E-state index contributed by atoms with van der Waals surface area (Å²) in [4.78, 5) is 2.01. The van der Waals surface area contributed by atoms with Crippen LogP contribution in [0.5, 0.6) is 0 Å². The second kappa shape index (κ2) is 18.7. The molecule has 72 valence electrons. The zero-order valence-electron chi connectivity index (χ0n) is 6.85. The van der Waals surface area contributed by atoms with Gasteiger partial charge in [-0.2, -0.15) is 0 Å². The third kappa shape index (κ3) is 14.5. The Bertz CT molecular complexity index is 87.9. The molecule has 0 saturated heterocycles. The standard InChI is InChI=1S/C5H11NS2.Mo.3S/c1-3-6(4-2)5(7)8;;;;/h3-4H2,1-2H3,(H,7,8);;;;/q;+6;3*-2. The van der Waals surface area contributed by atoms with Crippen LogP contribution in [0.25, 0.3) is 0 Å². The van der Waals surface area contributed by atoms with Gasteiger partial charge in [0, 0.05) is 13.1 Å². The molecule has 0 saturated carbocycles. The van der Waals surface area contributed by atoms with Crippen LogP contribution in [0.4, 0.5) is 0 Å². The van der Waals surface area contributed by atoms with E-state index in [4.69, 9.17) is 12.2 Å². The van der Waals surface area contributed by atoms with Crippen LogP contribution in [0.15, 0.2) is 0 Å². The Kier molecular flexibility index (Phi) is 45.5. The topological polar surface area (TPSA) is 3.24 Å². The monoisotopic (exact) mass is 343 g/mol. The minimum atomic E-state index is 0. The summed E-state index contributed by atoms with van der Waals surface area (Å²) < 4.78 is 0.690. The SMILES string of the molecule is CCN(CC)C(=S)S.[Mo+6].[S-2].[S-2].[S-2]. The van der Waals surface area contributed by atoms with Crippen molar-refractivity contribution in [2.45, 2.75) is 13.8 Å². The molecule has 0 spiro atoms. The Balaban J connectivity index is -0.0000000408. The van der Waals surface area contributed by atoms with Crippen molar-refractivity contribution in [1.29, 1.82) is 0 Å². The van der Waals surface area contributed by atoms with Crippen molar-refractivity contribution < 1.29 is 21.1 Å². The fourth-order valence-electron chi connectivity index (χ4n) is 0.494. The van der Waals surface area contributed by atoms with Crippen LogP contribution in [0.3, 0.4) is 0 Å². The number of rotatable bonds is 2. The molecule has 0 heterocycles. The third-order valence-electron chi connectivity index (χ3n) is 1.03. The number of hydrogen-bond acceptors (Lipinski definition) is 1. The smallest absolute Gasteiger partial charge is 2.00 e. The van der Waals surface area contributed by atoms with Gasteiger partial charge in [-0.25, -0.2) is 0 Å². The Hall–Kier alpha value is 1.98. The third-order valence-corrected chi connectivity index (χ3v) is 1.58. The molecule has 0 unspecified atom stereocenters. The van der Waals surface area contributed by atoms with Crippen molar-refractivity contribution in [1.82, 2.24) is 4.90 Å². The van der Waals surface area contributed by atoms with Crippen LogP contribution in [0.2, 0.25) is 0 Å². The van der Waals surface area contributed by atoms with Gasteiger partial charge in [0.2, 0.25) is 0 Å². The molecule has 0 aromatic rings. The molecule has 0 aliphatic rings. The second-order valence-corrected chi connectivity index (χ2v) is 2.57. The maximum absolute atomic E-state index is 4.81. The summed E-state index contributed by atoms with van der Waals surface area (Å²) in [6, 6.07) is 0. The molecule has 0 atom stereocenters. The van der Waals surface area contributed by atoms with Gasteiger partial charge in [0.1, 0.15) is 4.32 Å². The summed E-state index contributed by atoms with van der Waals surface area (Å²) in [6.45, 7) is 6.04. The molecule has 0 fully saturated rings. The fraction of sp³-hybridized carbons (Fsp3) is 0.800. The van der Waals surface area contributed by atoms with Crippen molar-refractivity contribution in [2.24, 2.45) is 0 Å². The van der Waals surface area contributed by atoms with Gasteiger partial charge in [-0.15, -0.1) is 12.6 Å². The maximum atomic E-state index is 4.81. The summed E-state index contributed by atoms with van der Waals surface area (Å²) >= 11 is 8.82. The summed E-state index contributed by atoms with van der Waals surface area (Å²) in [5.41, 5.74) is 0. The van der Waals surface area contributed by atoms with Gasteiger partial charge in [-0.3, -0.25) is 0 Å². The molecule has 1 nitrogen and oxygen atoms in total. The van der Waals surface area contributed by atoms with Crippen molar-refractivity contribution in [2.75, 3.05) is 13.1 Å². The first kappa shape index (κ1) is 29.2. The summed E-state index contributed by atoms with van der Waals surface area (Å²) in [5.74, 6) is 0. The average Bonchev–Trinajstić information content (AvgIpc) is 1.69. The molecule has 12 heavy (non-hydrogen) atoms. The average molecular weight is 341 g/mol. The molecule has 0 aliphatic heterocycles. The van der Waals surface area contributed by atoms with Crippen molar-refractivity contribution in [3.63, 3.8) is 0 Å². The molecule has 7 heteroatoms. The Morgan fingerprint density at radius 1 is 1.17 bits per heavy atom. The fourth-order valence-corrected chi connectivity index (χ4v) is 1.04. The van der Waals surface area contributed by atoms with Crippen LogP contribution in [-0.2, 0) is 61.6 Å². The van der Waals surface area contributed by atoms with E-state index in [1.165, 1.54) is 0 Å². The maximum Gasteiger partial charge on any atom is 6.00 e. The van der Waals surface area contributed by atoms with E-state index in [1.54, 1.807) is 0 Å². The quantitative estimate of drug-likeness (QED) is 0.461. The number of hydrogen-bond donors (Lipinski definition) is 1. The van der Waals surface area contributed by atoms with E-state index in [0.29, 0.717) is 4.32 Å². The predicted molar refractivity (Wildman–Crippen MR) is 66.6 cm³/mol. The minimum Gasteiger partial charge on any atom is -2.00 e. The van der Waals surface area contributed by atoms with E-state index >= 15 is 0 Å². The number of thiol groups is 1. The van der Waals surface area contributed by atoms with Gasteiger partial charge in [0.25, 0.3) is 0 Å². The van der Waals surface area contributed by atoms with Gasteiger partial charge in [-0.05, 0) is 13.8 Å². The van der Waals surface area contributed by atoms with Crippen LogP contribution in [0.1, 0.15) is 13.8 Å². The van der Waals surface area contributed by atoms with E-state index in [9.17, 15) is 0 Å². The number of nitrogens with zero attached hydrogens (tertiary/aromatic N) is 1. The van der Waals surface area contributed by atoms with Gasteiger partial charge in [0.05, 0.1) is 0 Å². The molecule has 0 rings (SSSR count). The van der Waals surface area contributed by atoms with Crippen molar-refractivity contribution in [3.05, 3.63) is 0 Å². The van der Waals surface area contributed by atoms with Crippen LogP contribution < -0.4 is 0 Å². The Labute approximate surface area is 121 Å². The predicted octanol–water partition coefficient (Wildman–Crippen LogP) is 1.53. The van der Waals surface area contributed by atoms with E-state index in [1.807, 2.05) is 4.90 Å². The van der Waals surface area contributed by atoms with E-state index in [2.05, 4.69) is 26.5 Å². The first-order chi connectivity index (χ1) is 3.72. The minimum absolute atomic E-state index is 0. The molecular weight excluding hydrogens is 330 g/mol. The van der Waals surface area contributed by atoms with Gasteiger partial charge >= 0.3 is 21.1 Å². The van der Waals surface area contributed by atoms with E-state index < -0.39 is 0 Å². The molecule has 0 radical (unpaired) electrons. The van der Waals surface area contributed by atoms with E-state index in [-0.39, 0.29) is 61.6 Å². The first-order valence-corrected chi connectivity index (χ1v) is 3.55. The first-order valence-electron chi connectivity index (χ1n) is 2.70. The molecule has 0 aromatic carbocycles. The van der Waals surface area contributed by atoms with Crippen molar-refractivity contribution in [3.8, 4) is 0 Å². The van der Waals surface area contributed by atoms with Gasteiger partial charge < -0.3 is 45.4 Å². The molecular formula is C5H11MoNS5. The van der Waals surface area contributed by atoms with Crippen LogP contribution >= 0.6 is 24.8 Å². The Morgan fingerprint density at radius 2 is 1.42 bits per heavy atom. The van der Waals surface area contributed by atoms with Crippen LogP contribution in [0, 0.1) is 0 Å². The molecule has 0 bridgehead atoms. The second-order valence-electron chi connectivity index (χ2n) is 1.45. The zero-order chi connectivity index (χ0) is 6.57. The number of thiocarbonyl (C=S) groups is 1. The summed E-state index contributed by atoms with van der Waals surface area (Å²) in [6.07, 6.45) is 0. The van der Waals surface area contributed by atoms with Gasteiger partial charge in [0.15, 0.2) is 0 Å². The Morgan fingerprint density at radius 3 is 1.42 bits per heavy atom. The zero-order valence-corrected chi connectivity index (χ0v) is 13.0. The van der Waals surface area contributed by atoms with Crippen molar-refractivity contribution >= 4 is 69.7 Å². The van der Waals surface area contributed by atoms with Crippen LogP contribution in [-0.4, -0.2) is 22.3 Å². The van der Waals surface area contributed by atoms with E-state index in [0.717, 1.165) is 13.1 Å². The summed E-state index contributed by atoms with van der Waals surface area (Å²) in [5, 5.41) is 0.